The van der Waals surface area contributed by atoms with Gasteiger partial charge in [-0.05, 0) is 44.3 Å². The maximum absolute atomic E-state index is 12.8. The maximum Gasteiger partial charge on any atom is 0.225 e. The van der Waals surface area contributed by atoms with Gasteiger partial charge in [-0.15, -0.1) is 0 Å². The first-order chi connectivity index (χ1) is 12.6. The van der Waals surface area contributed by atoms with Crippen molar-refractivity contribution in [3.8, 4) is 5.75 Å². The average Bonchev–Trinajstić information content (AvgIpc) is 3.34. The largest absolute Gasteiger partial charge is 0.496 e. The van der Waals surface area contributed by atoms with Crippen LogP contribution in [-0.4, -0.2) is 50.3 Å². The van der Waals surface area contributed by atoms with Gasteiger partial charge in [0.05, 0.1) is 25.2 Å². The van der Waals surface area contributed by atoms with Crippen LogP contribution in [0.25, 0.3) is 0 Å². The molecule has 0 radical (unpaired) electrons. The molecule has 2 heterocycles. The fourth-order valence-electron chi connectivity index (χ4n) is 4.31. The number of likely N-dealkylation sites (tertiary alicyclic amines) is 1. The van der Waals surface area contributed by atoms with E-state index < -0.39 is 0 Å². The van der Waals surface area contributed by atoms with Crippen LogP contribution < -0.4 is 10.1 Å². The van der Waals surface area contributed by atoms with Crippen molar-refractivity contribution in [1.82, 2.24) is 10.2 Å². The maximum atomic E-state index is 12.8. The van der Waals surface area contributed by atoms with Crippen LogP contribution in [0, 0.1) is 11.8 Å². The number of hydrogen-bond donors (Lipinski definition) is 1. The van der Waals surface area contributed by atoms with Crippen molar-refractivity contribution in [2.24, 2.45) is 11.8 Å². The first-order valence-corrected chi connectivity index (χ1v) is 9.88. The third kappa shape index (κ3) is 4.21. The van der Waals surface area contributed by atoms with Gasteiger partial charge in [-0.2, -0.15) is 0 Å². The zero-order valence-corrected chi connectivity index (χ0v) is 16.2. The molecular formula is C21H32N2O3. The third-order valence-electron chi connectivity index (χ3n) is 5.68. The molecule has 3 rings (SSSR count). The van der Waals surface area contributed by atoms with E-state index in [2.05, 4.69) is 30.1 Å². The molecule has 2 aliphatic heterocycles. The summed E-state index contributed by atoms with van der Waals surface area (Å²) in [5.41, 5.74) is 1.15. The molecule has 3 atom stereocenters. The summed E-state index contributed by atoms with van der Waals surface area (Å²) in [6.07, 6.45) is 3.28. The van der Waals surface area contributed by atoms with Crippen molar-refractivity contribution < 1.29 is 14.3 Å². The Hall–Kier alpha value is -1.59. The number of methoxy groups -OCH3 is 1. The smallest absolute Gasteiger partial charge is 0.225 e. The zero-order chi connectivity index (χ0) is 18.5. The lowest BCUT2D eigenvalue weighted by Gasteiger charge is -2.30. The van der Waals surface area contributed by atoms with Crippen molar-refractivity contribution in [3.05, 3.63) is 29.8 Å². The second-order valence-electron chi connectivity index (χ2n) is 7.72. The van der Waals surface area contributed by atoms with E-state index in [1.165, 1.54) is 12.8 Å². The molecule has 1 aromatic rings. The zero-order valence-electron chi connectivity index (χ0n) is 16.2. The van der Waals surface area contributed by atoms with Crippen LogP contribution in [0.1, 0.15) is 44.7 Å². The topological polar surface area (TPSA) is 50.8 Å². The van der Waals surface area contributed by atoms with E-state index in [0.29, 0.717) is 19.1 Å². The minimum absolute atomic E-state index is 0.0338. The van der Waals surface area contributed by atoms with E-state index >= 15 is 0 Å². The Kier molecular flexibility index (Phi) is 6.54. The highest BCUT2D eigenvalue weighted by Gasteiger charge is 2.36. The molecule has 1 N–H and O–H groups in total. The lowest BCUT2D eigenvalue weighted by molar-refractivity contribution is -0.127. The van der Waals surface area contributed by atoms with E-state index in [0.717, 1.165) is 30.8 Å². The first kappa shape index (κ1) is 19.2. The Bertz CT molecular complexity index is 599. The van der Waals surface area contributed by atoms with Gasteiger partial charge in [0.15, 0.2) is 0 Å². The van der Waals surface area contributed by atoms with Crippen LogP contribution in [0.3, 0.4) is 0 Å². The molecule has 0 saturated carbocycles. The number of para-hydroxylation sites is 1. The molecule has 5 heteroatoms. The standard InChI is InChI=1S/C21H32N2O3/c1-15(2)20-17(10-13-26-20)21(24)22-14-18(23-11-6-7-12-23)16-8-4-5-9-19(16)25-3/h4-5,8-9,15,17-18,20H,6-7,10-14H2,1-3H3,(H,22,24)/t17-,18+,20-/m1/s1. The van der Waals surface area contributed by atoms with Crippen molar-refractivity contribution in [2.45, 2.75) is 45.3 Å². The predicted octanol–water partition coefficient (Wildman–Crippen LogP) is 3.01. The average molecular weight is 360 g/mol. The highest BCUT2D eigenvalue weighted by molar-refractivity contribution is 5.79. The van der Waals surface area contributed by atoms with Crippen LogP contribution in [0.2, 0.25) is 0 Å². The normalized spacial score (nSPS) is 24.8. The first-order valence-electron chi connectivity index (χ1n) is 9.88. The highest BCUT2D eigenvalue weighted by atomic mass is 16.5. The van der Waals surface area contributed by atoms with Gasteiger partial charge >= 0.3 is 0 Å². The Morgan fingerprint density at radius 2 is 2.04 bits per heavy atom. The molecule has 2 aliphatic rings. The van der Waals surface area contributed by atoms with Gasteiger partial charge in [-0.3, -0.25) is 9.69 Å². The Labute approximate surface area is 157 Å². The summed E-state index contributed by atoms with van der Waals surface area (Å²) in [6.45, 7) is 7.68. The lowest BCUT2D eigenvalue weighted by atomic mass is 9.92. The van der Waals surface area contributed by atoms with Crippen molar-refractivity contribution in [3.63, 3.8) is 0 Å². The monoisotopic (exact) mass is 360 g/mol. The third-order valence-corrected chi connectivity index (χ3v) is 5.68. The van der Waals surface area contributed by atoms with E-state index in [4.69, 9.17) is 9.47 Å². The number of nitrogens with zero attached hydrogens (tertiary/aromatic N) is 1. The van der Waals surface area contributed by atoms with Crippen LogP contribution in [-0.2, 0) is 9.53 Å². The minimum Gasteiger partial charge on any atom is -0.496 e. The summed E-state index contributed by atoms with van der Waals surface area (Å²) in [5, 5.41) is 3.22. The summed E-state index contributed by atoms with van der Waals surface area (Å²) in [6, 6.07) is 8.30. The van der Waals surface area contributed by atoms with Crippen LogP contribution in [0.5, 0.6) is 5.75 Å². The van der Waals surface area contributed by atoms with Gasteiger partial charge in [0, 0.05) is 18.7 Å². The van der Waals surface area contributed by atoms with Gasteiger partial charge in [0.25, 0.3) is 0 Å². The predicted molar refractivity (Wildman–Crippen MR) is 102 cm³/mol. The van der Waals surface area contributed by atoms with Gasteiger partial charge in [-0.25, -0.2) is 0 Å². The van der Waals surface area contributed by atoms with Gasteiger partial charge in [-0.1, -0.05) is 32.0 Å². The molecule has 26 heavy (non-hydrogen) atoms. The fourth-order valence-corrected chi connectivity index (χ4v) is 4.31. The number of ether oxygens (including phenoxy) is 2. The van der Waals surface area contributed by atoms with Crippen molar-refractivity contribution in [1.29, 1.82) is 0 Å². The van der Waals surface area contributed by atoms with E-state index in [-0.39, 0.29) is 24.0 Å². The molecule has 0 unspecified atom stereocenters. The number of nitrogens with one attached hydrogen (secondary N) is 1. The molecule has 0 aliphatic carbocycles. The molecule has 1 aromatic carbocycles. The molecule has 0 bridgehead atoms. The van der Waals surface area contributed by atoms with Gasteiger partial charge in [0.2, 0.25) is 5.91 Å². The second-order valence-corrected chi connectivity index (χ2v) is 7.72. The molecule has 144 valence electrons. The van der Waals surface area contributed by atoms with Gasteiger partial charge < -0.3 is 14.8 Å². The molecule has 0 spiro atoms. The number of carbonyl (C=O) groups excluding carboxylic acids is 1. The fraction of sp³-hybridized carbons (Fsp3) is 0.667. The summed E-state index contributed by atoms with van der Waals surface area (Å²) in [7, 11) is 1.71. The summed E-state index contributed by atoms with van der Waals surface area (Å²) in [5.74, 6) is 1.34. The number of hydrogen-bond acceptors (Lipinski definition) is 4. The van der Waals surface area contributed by atoms with Gasteiger partial charge in [0.1, 0.15) is 5.75 Å². The molecule has 0 aromatic heterocycles. The number of amides is 1. The van der Waals surface area contributed by atoms with Crippen LogP contribution in [0.15, 0.2) is 24.3 Å². The number of carbonyl (C=O) groups is 1. The molecule has 2 fully saturated rings. The second kappa shape index (κ2) is 8.87. The molecule has 1 amide bonds. The van der Waals surface area contributed by atoms with E-state index in [9.17, 15) is 4.79 Å². The Morgan fingerprint density at radius 1 is 1.31 bits per heavy atom. The van der Waals surface area contributed by atoms with Crippen molar-refractivity contribution in [2.75, 3.05) is 33.4 Å². The number of rotatable bonds is 7. The lowest BCUT2D eigenvalue weighted by Crippen LogP contribution is -2.42. The van der Waals surface area contributed by atoms with Crippen molar-refractivity contribution >= 4 is 5.91 Å². The van der Waals surface area contributed by atoms with Crippen LogP contribution >= 0.6 is 0 Å². The summed E-state index contributed by atoms with van der Waals surface area (Å²) >= 11 is 0. The quantitative estimate of drug-likeness (QED) is 0.812. The molecule has 2 saturated heterocycles. The van der Waals surface area contributed by atoms with E-state index in [1.54, 1.807) is 7.11 Å². The van der Waals surface area contributed by atoms with E-state index in [1.807, 2.05) is 18.2 Å². The Morgan fingerprint density at radius 3 is 2.73 bits per heavy atom. The molecular weight excluding hydrogens is 328 g/mol. The number of benzene rings is 1. The summed E-state index contributed by atoms with van der Waals surface area (Å²) < 4.78 is 11.4. The van der Waals surface area contributed by atoms with Crippen LogP contribution in [0.4, 0.5) is 0 Å². The Balaban J connectivity index is 1.71. The summed E-state index contributed by atoms with van der Waals surface area (Å²) in [4.78, 5) is 15.3. The molecule has 5 nitrogen and oxygen atoms in total. The SMILES string of the molecule is COc1ccccc1[C@H](CNC(=O)[C@@H]1CCO[C@@H]1C(C)C)N1CCCC1. The highest BCUT2D eigenvalue weighted by Crippen LogP contribution is 2.32. The minimum atomic E-state index is -0.0353.